The van der Waals surface area contributed by atoms with Crippen molar-refractivity contribution in [2.75, 3.05) is 26.3 Å². The maximum Gasteiger partial charge on any atom is 0.246 e. The van der Waals surface area contributed by atoms with Gasteiger partial charge in [-0.1, -0.05) is 13.3 Å². The lowest BCUT2D eigenvalue weighted by molar-refractivity contribution is -0.125. The molecule has 0 aromatic heterocycles. The summed E-state index contributed by atoms with van der Waals surface area (Å²) >= 11 is 0. The number of nitrogens with two attached hydrogens (primary N) is 1. The molecule has 0 saturated carbocycles. The molecule has 15 heavy (non-hydrogen) atoms. The number of carbonyl (C=O) groups is 1. The number of hydrogen-bond acceptors (Lipinski definition) is 3. The van der Waals surface area contributed by atoms with Crippen molar-refractivity contribution in [2.45, 2.75) is 33.1 Å². The zero-order chi connectivity index (χ0) is 11.5. The van der Waals surface area contributed by atoms with Crippen LogP contribution in [0.1, 0.15) is 33.1 Å². The Morgan fingerprint density at radius 2 is 2.13 bits per heavy atom. The lowest BCUT2D eigenvalue weighted by Gasteiger charge is -2.15. The van der Waals surface area contributed by atoms with Gasteiger partial charge in [0.1, 0.15) is 6.61 Å². The fourth-order valence-electron chi connectivity index (χ4n) is 1.50. The lowest BCUT2D eigenvalue weighted by atomic mass is 10.00. The fourth-order valence-corrected chi connectivity index (χ4v) is 1.50. The molecule has 4 heteroatoms. The summed E-state index contributed by atoms with van der Waals surface area (Å²) in [6.45, 7) is 6.17. The molecule has 0 aliphatic heterocycles. The Hall–Kier alpha value is -0.610. The van der Waals surface area contributed by atoms with Gasteiger partial charge in [-0.3, -0.25) is 4.79 Å². The monoisotopic (exact) mass is 216 g/mol. The van der Waals surface area contributed by atoms with Crippen molar-refractivity contribution in [2.24, 2.45) is 11.7 Å². The summed E-state index contributed by atoms with van der Waals surface area (Å²) in [5.74, 6) is 0.473. The minimum Gasteiger partial charge on any atom is -0.372 e. The molecular formula is C11H24N2O2. The number of carbonyl (C=O) groups excluding carboxylic acids is 1. The predicted octanol–water partition coefficient (Wildman–Crippen LogP) is 0.904. The second kappa shape index (κ2) is 9.93. The van der Waals surface area contributed by atoms with Crippen LogP contribution in [0.15, 0.2) is 0 Å². The summed E-state index contributed by atoms with van der Waals surface area (Å²) in [5, 5.41) is 2.87. The zero-order valence-corrected chi connectivity index (χ0v) is 9.92. The van der Waals surface area contributed by atoms with E-state index >= 15 is 0 Å². The van der Waals surface area contributed by atoms with Gasteiger partial charge < -0.3 is 15.8 Å². The van der Waals surface area contributed by atoms with Gasteiger partial charge in [0.15, 0.2) is 0 Å². The van der Waals surface area contributed by atoms with Crippen LogP contribution in [0.4, 0.5) is 0 Å². The third kappa shape index (κ3) is 8.39. The molecule has 1 amide bonds. The number of rotatable bonds is 9. The standard InChI is InChI=1S/C11H24N2O2/c1-3-5-10(6-7-12)8-13-11(14)9-15-4-2/h10H,3-9,12H2,1-2H3,(H,13,14). The Labute approximate surface area is 92.6 Å². The number of hydrogen-bond donors (Lipinski definition) is 2. The second-order valence-corrected chi connectivity index (χ2v) is 3.67. The molecule has 0 fully saturated rings. The van der Waals surface area contributed by atoms with Crippen LogP contribution in [0, 0.1) is 5.92 Å². The first-order chi connectivity index (χ1) is 7.24. The van der Waals surface area contributed by atoms with E-state index in [1.54, 1.807) is 0 Å². The van der Waals surface area contributed by atoms with Crippen LogP contribution in [0.2, 0.25) is 0 Å². The maximum atomic E-state index is 11.2. The highest BCUT2D eigenvalue weighted by molar-refractivity contribution is 5.77. The van der Waals surface area contributed by atoms with E-state index in [4.69, 9.17) is 10.5 Å². The van der Waals surface area contributed by atoms with E-state index < -0.39 is 0 Å². The number of amides is 1. The van der Waals surface area contributed by atoms with Gasteiger partial charge in [-0.05, 0) is 32.2 Å². The van der Waals surface area contributed by atoms with Crippen LogP contribution in [0.5, 0.6) is 0 Å². The number of ether oxygens (including phenoxy) is 1. The summed E-state index contributed by atoms with van der Waals surface area (Å²) in [6.07, 6.45) is 3.22. The molecule has 0 spiro atoms. The second-order valence-electron chi connectivity index (χ2n) is 3.67. The molecule has 3 N–H and O–H groups in total. The summed E-state index contributed by atoms with van der Waals surface area (Å²) in [5.41, 5.74) is 5.51. The van der Waals surface area contributed by atoms with Gasteiger partial charge in [0, 0.05) is 13.2 Å². The third-order valence-electron chi connectivity index (χ3n) is 2.30. The molecule has 0 heterocycles. The van der Waals surface area contributed by atoms with Gasteiger partial charge in [0.25, 0.3) is 0 Å². The number of nitrogens with one attached hydrogen (secondary N) is 1. The van der Waals surface area contributed by atoms with E-state index in [1.165, 1.54) is 0 Å². The minimum absolute atomic E-state index is 0.0324. The van der Waals surface area contributed by atoms with Crippen LogP contribution in [0.3, 0.4) is 0 Å². The van der Waals surface area contributed by atoms with Crippen LogP contribution < -0.4 is 11.1 Å². The molecule has 90 valence electrons. The molecule has 1 atom stereocenters. The molecule has 0 aliphatic carbocycles. The molecule has 1 unspecified atom stereocenters. The summed E-state index contributed by atoms with van der Waals surface area (Å²) in [7, 11) is 0. The lowest BCUT2D eigenvalue weighted by Crippen LogP contribution is -2.33. The normalized spacial score (nSPS) is 12.5. The van der Waals surface area contributed by atoms with Crippen molar-refractivity contribution >= 4 is 5.91 Å². The molecule has 0 aliphatic rings. The van der Waals surface area contributed by atoms with Crippen LogP contribution in [0.25, 0.3) is 0 Å². The smallest absolute Gasteiger partial charge is 0.246 e. The van der Waals surface area contributed by atoms with Crippen LogP contribution in [-0.2, 0) is 9.53 Å². The van der Waals surface area contributed by atoms with Crippen molar-refractivity contribution in [1.82, 2.24) is 5.32 Å². The Morgan fingerprint density at radius 1 is 1.40 bits per heavy atom. The Bertz CT molecular complexity index is 157. The predicted molar refractivity (Wildman–Crippen MR) is 61.6 cm³/mol. The van der Waals surface area contributed by atoms with E-state index in [0.717, 1.165) is 25.8 Å². The van der Waals surface area contributed by atoms with Gasteiger partial charge in [-0.2, -0.15) is 0 Å². The van der Waals surface area contributed by atoms with Gasteiger partial charge >= 0.3 is 0 Å². The summed E-state index contributed by atoms with van der Waals surface area (Å²) in [6, 6.07) is 0. The third-order valence-corrected chi connectivity index (χ3v) is 2.30. The highest BCUT2D eigenvalue weighted by atomic mass is 16.5. The maximum absolute atomic E-state index is 11.2. The summed E-state index contributed by atoms with van der Waals surface area (Å²) in [4.78, 5) is 11.2. The van der Waals surface area contributed by atoms with E-state index in [-0.39, 0.29) is 12.5 Å². The molecule has 0 aromatic carbocycles. The van der Waals surface area contributed by atoms with Crippen molar-refractivity contribution in [3.05, 3.63) is 0 Å². The Balaban J connectivity index is 3.62. The van der Waals surface area contributed by atoms with Gasteiger partial charge in [-0.15, -0.1) is 0 Å². The van der Waals surface area contributed by atoms with E-state index in [2.05, 4.69) is 12.2 Å². The van der Waals surface area contributed by atoms with Crippen molar-refractivity contribution in [3.63, 3.8) is 0 Å². The average molecular weight is 216 g/mol. The van der Waals surface area contributed by atoms with Crippen LogP contribution in [-0.4, -0.2) is 32.2 Å². The SMILES string of the molecule is CCCC(CCN)CNC(=O)COCC. The highest BCUT2D eigenvalue weighted by Gasteiger charge is 2.08. The first-order valence-electron chi connectivity index (χ1n) is 5.79. The molecule has 0 aromatic rings. The van der Waals surface area contributed by atoms with Crippen molar-refractivity contribution in [1.29, 1.82) is 0 Å². The van der Waals surface area contributed by atoms with E-state index in [9.17, 15) is 4.79 Å². The van der Waals surface area contributed by atoms with Gasteiger partial charge in [0.05, 0.1) is 0 Å². The largest absolute Gasteiger partial charge is 0.372 e. The topological polar surface area (TPSA) is 64.3 Å². The Morgan fingerprint density at radius 3 is 2.67 bits per heavy atom. The fraction of sp³-hybridized carbons (Fsp3) is 0.909. The molecule has 4 nitrogen and oxygen atoms in total. The van der Waals surface area contributed by atoms with Crippen molar-refractivity contribution < 1.29 is 9.53 Å². The first kappa shape index (κ1) is 14.4. The zero-order valence-electron chi connectivity index (χ0n) is 9.92. The Kier molecular flexibility index (Phi) is 9.52. The molecule has 0 saturated heterocycles. The average Bonchev–Trinajstić information content (AvgIpc) is 2.23. The molecule has 0 bridgehead atoms. The van der Waals surface area contributed by atoms with Gasteiger partial charge in [-0.25, -0.2) is 0 Å². The van der Waals surface area contributed by atoms with E-state index in [0.29, 0.717) is 19.1 Å². The first-order valence-corrected chi connectivity index (χ1v) is 5.79. The van der Waals surface area contributed by atoms with Crippen LogP contribution >= 0.6 is 0 Å². The van der Waals surface area contributed by atoms with Gasteiger partial charge in [0.2, 0.25) is 5.91 Å². The summed E-state index contributed by atoms with van der Waals surface area (Å²) < 4.78 is 5.01. The highest BCUT2D eigenvalue weighted by Crippen LogP contribution is 2.08. The minimum atomic E-state index is -0.0324. The quantitative estimate of drug-likeness (QED) is 0.602. The van der Waals surface area contributed by atoms with E-state index in [1.807, 2.05) is 6.92 Å². The molecular weight excluding hydrogens is 192 g/mol. The molecule has 0 rings (SSSR count). The van der Waals surface area contributed by atoms with Crippen molar-refractivity contribution in [3.8, 4) is 0 Å². The molecule has 0 radical (unpaired) electrons.